The van der Waals surface area contributed by atoms with Gasteiger partial charge in [-0.05, 0) is 73.2 Å². The van der Waals surface area contributed by atoms with Crippen LogP contribution in [0, 0.1) is 26.6 Å². The molecule has 1 aliphatic heterocycles. The van der Waals surface area contributed by atoms with E-state index in [1.165, 1.54) is 35.9 Å². The topological polar surface area (TPSA) is 3.88 Å². The molecule has 3 aromatic rings. The minimum absolute atomic E-state index is 0.0975. The molecule has 152 valence electrons. The van der Waals surface area contributed by atoms with Crippen LogP contribution in [-0.2, 0) is 7.05 Å². The monoisotopic (exact) mass is 406 g/mol. The molecule has 0 saturated carbocycles. The molecule has 0 aliphatic carbocycles. The van der Waals surface area contributed by atoms with E-state index in [4.69, 9.17) is 0 Å². The fourth-order valence-electron chi connectivity index (χ4n) is 5.03. The lowest BCUT2D eigenvalue weighted by Gasteiger charge is -2.33. The number of rotatable bonds is 2. The molecule has 2 heterocycles. The van der Waals surface area contributed by atoms with Crippen molar-refractivity contribution in [3.8, 4) is 11.3 Å². The summed E-state index contributed by atoms with van der Waals surface area (Å²) in [5.74, 6) is 0.580. The highest BCUT2D eigenvalue weighted by Gasteiger charge is 2.30. The molecule has 1 aliphatic rings. The molecule has 0 N–H and O–H groups in total. The lowest BCUT2D eigenvalue weighted by atomic mass is 9.89. The molecule has 29 heavy (non-hydrogen) atoms. The Morgan fingerprint density at radius 2 is 1.66 bits per heavy atom. The number of pyridine rings is 1. The highest BCUT2D eigenvalue weighted by Crippen LogP contribution is 2.40. The van der Waals surface area contributed by atoms with Crippen LogP contribution >= 0.6 is 0 Å². The van der Waals surface area contributed by atoms with Gasteiger partial charge in [0.2, 0.25) is 5.69 Å². The van der Waals surface area contributed by atoms with Crippen molar-refractivity contribution in [2.24, 2.45) is 7.05 Å². The van der Waals surface area contributed by atoms with Gasteiger partial charge in [-0.25, -0.2) is 8.96 Å². The van der Waals surface area contributed by atoms with Crippen molar-refractivity contribution in [1.29, 1.82) is 0 Å². The zero-order valence-electron chi connectivity index (χ0n) is 18.7. The normalized spacial score (nSPS) is 17.1. The van der Waals surface area contributed by atoms with Gasteiger partial charge in [0.1, 0.15) is 12.9 Å². The van der Waals surface area contributed by atoms with Crippen LogP contribution in [-0.4, -0.2) is 8.07 Å². The second-order valence-corrected chi connectivity index (χ2v) is 15.2. The van der Waals surface area contributed by atoms with Crippen LogP contribution < -0.4 is 4.57 Å². The standard InChI is InChI=1S/C26H33FNSi/c1-17-15-18(2)25(27)24(19(17)3)26-23-8-7-21(16-22(23)9-12-28(26)4)20-10-13-29(5,6)14-11-20/h7-9,12,15-16,20H,10-11,13-14H2,1-6H3/q+1. The third kappa shape index (κ3) is 3.66. The SMILES string of the molecule is Cc1cc(C)c(F)c(-c2c3ccc(C4CC[Si](C)(C)CC4)cc3cc[n+]2C)c1C. The highest BCUT2D eigenvalue weighted by molar-refractivity contribution is 6.77. The van der Waals surface area contributed by atoms with Gasteiger partial charge in [-0.2, -0.15) is 0 Å². The van der Waals surface area contributed by atoms with Crippen molar-refractivity contribution in [2.75, 3.05) is 0 Å². The highest BCUT2D eigenvalue weighted by atomic mass is 28.3. The lowest BCUT2D eigenvalue weighted by Crippen LogP contribution is -2.31. The third-order valence-electron chi connectivity index (χ3n) is 7.17. The maximum absolute atomic E-state index is 15.3. The van der Waals surface area contributed by atoms with E-state index in [9.17, 15) is 0 Å². The number of aromatic nitrogens is 1. The number of aryl methyl sites for hydroxylation is 3. The van der Waals surface area contributed by atoms with Crippen LogP contribution in [0.3, 0.4) is 0 Å². The van der Waals surface area contributed by atoms with E-state index in [-0.39, 0.29) is 5.82 Å². The Morgan fingerprint density at radius 3 is 2.34 bits per heavy atom. The smallest absolute Gasteiger partial charge is 0.206 e. The van der Waals surface area contributed by atoms with Gasteiger partial charge in [-0.1, -0.05) is 43.4 Å². The minimum Gasteiger partial charge on any atom is -0.206 e. The predicted octanol–water partition coefficient (Wildman–Crippen LogP) is 6.98. The first-order valence-corrected chi connectivity index (χ1v) is 14.3. The summed E-state index contributed by atoms with van der Waals surface area (Å²) in [5.41, 5.74) is 6.06. The number of hydrogen-bond donors (Lipinski definition) is 0. The van der Waals surface area contributed by atoms with Gasteiger partial charge in [0.25, 0.3) is 0 Å². The average molecular weight is 407 g/mol. The van der Waals surface area contributed by atoms with Crippen LogP contribution in [0.5, 0.6) is 0 Å². The van der Waals surface area contributed by atoms with Gasteiger partial charge < -0.3 is 0 Å². The summed E-state index contributed by atoms with van der Waals surface area (Å²) in [6.45, 7) is 11.0. The summed E-state index contributed by atoms with van der Waals surface area (Å²) >= 11 is 0. The zero-order chi connectivity index (χ0) is 20.9. The maximum atomic E-state index is 15.3. The molecular formula is C26H33FNSi+. The fraction of sp³-hybridized carbons (Fsp3) is 0.423. The van der Waals surface area contributed by atoms with Crippen molar-refractivity contribution in [1.82, 2.24) is 0 Å². The first kappa shape index (κ1) is 20.3. The zero-order valence-corrected chi connectivity index (χ0v) is 19.7. The second kappa shape index (κ2) is 7.35. The van der Waals surface area contributed by atoms with E-state index in [1.807, 2.05) is 27.0 Å². The Labute approximate surface area is 175 Å². The van der Waals surface area contributed by atoms with Gasteiger partial charge in [-0.15, -0.1) is 0 Å². The van der Waals surface area contributed by atoms with Gasteiger partial charge in [-0.3, -0.25) is 0 Å². The van der Waals surface area contributed by atoms with Gasteiger partial charge in [0.15, 0.2) is 6.20 Å². The van der Waals surface area contributed by atoms with Crippen LogP contribution in [0.4, 0.5) is 4.39 Å². The summed E-state index contributed by atoms with van der Waals surface area (Å²) in [6.07, 6.45) is 4.72. The summed E-state index contributed by atoms with van der Waals surface area (Å²) in [5, 5.41) is 2.35. The molecule has 0 bridgehead atoms. The summed E-state index contributed by atoms with van der Waals surface area (Å²) < 4.78 is 17.3. The molecular weight excluding hydrogens is 373 g/mol. The molecule has 3 heteroatoms. The van der Waals surface area contributed by atoms with E-state index in [2.05, 4.69) is 55.0 Å². The minimum atomic E-state index is -0.948. The van der Waals surface area contributed by atoms with Crippen molar-refractivity contribution in [2.45, 2.75) is 64.7 Å². The lowest BCUT2D eigenvalue weighted by molar-refractivity contribution is -0.659. The Bertz CT molecular complexity index is 1060. The first-order valence-electron chi connectivity index (χ1n) is 10.9. The van der Waals surface area contributed by atoms with E-state index < -0.39 is 8.07 Å². The molecule has 1 saturated heterocycles. The van der Waals surface area contributed by atoms with E-state index in [0.717, 1.165) is 27.8 Å². The van der Waals surface area contributed by atoms with Crippen molar-refractivity contribution in [3.63, 3.8) is 0 Å². The van der Waals surface area contributed by atoms with Crippen molar-refractivity contribution >= 4 is 18.8 Å². The Morgan fingerprint density at radius 1 is 0.966 bits per heavy atom. The molecule has 1 aromatic heterocycles. The number of nitrogens with zero attached hydrogens (tertiary/aromatic N) is 1. The largest absolute Gasteiger partial charge is 0.223 e. The Kier molecular flexibility index (Phi) is 5.14. The quantitative estimate of drug-likeness (QED) is 0.319. The van der Waals surface area contributed by atoms with Crippen LogP contribution in [0.25, 0.3) is 22.0 Å². The molecule has 0 spiro atoms. The second-order valence-electron chi connectivity index (χ2n) is 9.88. The average Bonchev–Trinajstić information content (AvgIpc) is 2.68. The number of benzene rings is 2. The number of hydrogen-bond acceptors (Lipinski definition) is 0. The van der Waals surface area contributed by atoms with Crippen molar-refractivity contribution in [3.05, 3.63) is 64.6 Å². The van der Waals surface area contributed by atoms with Gasteiger partial charge in [0.05, 0.1) is 10.9 Å². The third-order valence-corrected chi connectivity index (χ3v) is 10.5. The summed E-state index contributed by atoms with van der Waals surface area (Å²) in [4.78, 5) is 0. The van der Waals surface area contributed by atoms with E-state index in [1.54, 1.807) is 0 Å². The molecule has 4 rings (SSSR count). The van der Waals surface area contributed by atoms with Crippen LogP contribution in [0.2, 0.25) is 25.2 Å². The van der Waals surface area contributed by atoms with Crippen molar-refractivity contribution < 1.29 is 8.96 Å². The molecule has 0 radical (unpaired) electrons. The Hall–Kier alpha value is -2.00. The molecule has 1 nitrogen and oxygen atoms in total. The molecule has 0 atom stereocenters. The fourth-order valence-corrected chi connectivity index (χ4v) is 7.54. The van der Waals surface area contributed by atoms with E-state index >= 15 is 4.39 Å². The van der Waals surface area contributed by atoms with Crippen LogP contribution in [0.1, 0.15) is 41.0 Å². The van der Waals surface area contributed by atoms with Gasteiger partial charge in [0, 0.05) is 14.1 Å². The number of halogens is 1. The summed E-state index contributed by atoms with van der Waals surface area (Å²) in [7, 11) is 1.07. The molecule has 2 aromatic carbocycles. The molecule has 0 amide bonds. The molecule has 0 unspecified atom stereocenters. The predicted molar refractivity (Wildman–Crippen MR) is 124 cm³/mol. The Balaban J connectivity index is 1.85. The van der Waals surface area contributed by atoms with Crippen LogP contribution in [0.15, 0.2) is 36.5 Å². The first-order chi connectivity index (χ1) is 13.7. The maximum Gasteiger partial charge on any atom is 0.223 e. The van der Waals surface area contributed by atoms with Gasteiger partial charge >= 0.3 is 0 Å². The molecule has 1 fully saturated rings. The van der Waals surface area contributed by atoms with E-state index in [0.29, 0.717) is 11.5 Å². The number of fused-ring (bicyclic) bond motifs is 1. The summed E-state index contributed by atoms with van der Waals surface area (Å²) in [6, 6.07) is 13.9.